The van der Waals surface area contributed by atoms with E-state index in [1.54, 1.807) is 35.6 Å². The molecule has 0 bridgehead atoms. The van der Waals surface area contributed by atoms with E-state index in [9.17, 15) is 10.1 Å². The Labute approximate surface area is 165 Å². The van der Waals surface area contributed by atoms with Gasteiger partial charge in [0.15, 0.2) is 0 Å². The van der Waals surface area contributed by atoms with E-state index in [1.807, 2.05) is 35.2 Å². The Morgan fingerprint density at radius 1 is 1.26 bits per heavy atom. The van der Waals surface area contributed by atoms with Crippen LogP contribution in [-0.2, 0) is 16.1 Å². The molecular weight excluding hydrogens is 380 g/mol. The van der Waals surface area contributed by atoms with Crippen LogP contribution < -0.4 is 4.74 Å². The van der Waals surface area contributed by atoms with Crippen molar-refractivity contribution >= 4 is 34.7 Å². The molecule has 0 unspecified atom stereocenters. The molecule has 0 aliphatic rings. The number of thiophene rings is 1. The van der Waals surface area contributed by atoms with E-state index in [4.69, 9.17) is 9.47 Å². The third-order valence-electron chi connectivity index (χ3n) is 3.51. The lowest BCUT2D eigenvalue weighted by Gasteiger charge is -2.04. The number of esters is 1. The van der Waals surface area contributed by atoms with Crippen LogP contribution in [0.5, 0.6) is 5.75 Å². The van der Waals surface area contributed by atoms with Crippen LogP contribution >= 0.6 is 22.7 Å². The quantitative estimate of drug-likeness (QED) is 0.322. The summed E-state index contributed by atoms with van der Waals surface area (Å²) in [7, 11) is 0. The zero-order valence-corrected chi connectivity index (χ0v) is 16.2. The van der Waals surface area contributed by atoms with Crippen LogP contribution in [0.4, 0.5) is 0 Å². The van der Waals surface area contributed by atoms with Gasteiger partial charge in [-0.2, -0.15) is 16.6 Å². The van der Waals surface area contributed by atoms with Crippen molar-refractivity contribution in [1.29, 1.82) is 5.26 Å². The Morgan fingerprint density at radius 3 is 2.74 bits per heavy atom. The number of carbonyl (C=O) groups is 1. The second-order valence-corrected chi connectivity index (χ2v) is 7.04. The Kier molecular flexibility index (Phi) is 6.36. The number of aromatic nitrogens is 1. The van der Waals surface area contributed by atoms with Crippen LogP contribution in [0.3, 0.4) is 0 Å². The number of rotatable bonds is 7. The molecule has 0 N–H and O–H groups in total. The van der Waals surface area contributed by atoms with Gasteiger partial charge < -0.3 is 9.47 Å². The number of nitriles is 1. The molecule has 3 rings (SSSR count). The average Bonchev–Trinajstić information content (AvgIpc) is 3.37. The van der Waals surface area contributed by atoms with Gasteiger partial charge in [0.2, 0.25) is 0 Å². The molecule has 136 valence electrons. The maximum absolute atomic E-state index is 12.2. The monoisotopic (exact) mass is 396 g/mol. The highest BCUT2D eigenvalue weighted by Crippen LogP contribution is 2.26. The Bertz CT molecular complexity index is 968. The molecule has 5 nitrogen and oxygen atoms in total. The fraction of sp³-hybridized carbons (Fsp3) is 0.150. The zero-order chi connectivity index (χ0) is 19.1. The van der Waals surface area contributed by atoms with Crippen LogP contribution in [-0.4, -0.2) is 17.6 Å². The number of nitrogens with zero attached hydrogens (tertiary/aromatic N) is 2. The van der Waals surface area contributed by atoms with Gasteiger partial charge in [0.25, 0.3) is 0 Å². The SMILES string of the molecule is CCOc1ccc(/C=C(\C#N)C(=O)OCc2csc(-c3ccsc3)n2)cc1. The van der Waals surface area contributed by atoms with Gasteiger partial charge >= 0.3 is 5.97 Å². The van der Waals surface area contributed by atoms with Crippen molar-refractivity contribution in [3.05, 3.63) is 63.3 Å². The highest BCUT2D eigenvalue weighted by molar-refractivity contribution is 7.14. The van der Waals surface area contributed by atoms with Crippen molar-refractivity contribution in [2.45, 2.75) is 13.5 Å². The molecule has 7 heteroatoms. The fourth-order valence-electron chi connectivity index (χ4n) is 2.24. The summed E-state index contributed by atoms with van der Waals surface area (Å²) in [6.45, 7) is 2.51. The normalized spacial score (nSPS) is 11.0. The van der Waals surface area contributed by atoms with E-state index in [2.05, 4.69) is 4.98 Å². The zero-order valence-electron chi connectivity index (χ0n) is 14.5. The molecule has 0 aliphatic heterocycles. The number of thiazole rings is 1. The van der Waals surface area contributed by atoms with E-state index in [1.165, 1.54) is 17.4 Å². The molecule has 1 aromatic carbocycles. The second-order valence-electron chi connectivity index (χ2n) is 5.40. The van der Waals surface area contributed by atoms with Gasteiger partial charge in [0.05, 0.1) is 12.3 Å². The van der Waals surface area contributed by atoms with E-state index in [0.717, 1.165) is 21.9 Å². The Morgan fingerprint density at radius 2 is 2.07 bits per heavy atom. The van der Waals surface area contributed by atoms with Crippen molar-refractivity contribution < 1.29 is 14.3 Å². The molecule has 0 saturated carbocycles. The summed E-state index contributed by atoms with van der Waals surface area (Å²) in [5.41, 5.74) is 2.37. The molecule has 0 saturated heterocycles. The highest BCUT2D eigenvalue weighted by Gasteiger charge is 2.13. The number of benzene rings is 1. The molecule has 2 heterocycles. The first-order chi connectivity index (χ1) is 13.2. The van der Waals surface area contributed by atoms with E-state index < -0.39 is 5.97 Å². The van der Waals surface area contributed by atoms with E-state index >= 15 is 0 Å². The molecular formula is C20H16N2O3S2. The van der Waals surface area contributed by atoms with Gasteiger partial charge in [-0.25, -0.2) is 9.78 Å². The van der Waals surface area contributed by atoms with Crippen molar-refractivity contribution in [3.63, 3.8) is 0 Å². The molecule has 0 aliphatic carbocycles. The van der Waals surface area contributed by atoms with Crippen molar-refractivity contribution in [2.24, 2.45) is 0 Å². The summed E-state index contributed by atoms with van der Waals surface area (Å²) in [6.07, 6.45) is 1.50. The standard InChI is InChI=1S/C20H16N2O3S2/c1-2-24-18-5-3-14(4-6-18)9-16(10-21)20(23)25-11-17-13-27-19(22-17)15-7-8-26-12-15/h3-9,12-13H,2,11H2,1H3/b16-9+. The lowest BCUT2D eigenvalue weighted by Crippen LogP contribution is -2.07. The number of ether oxygens (including phenoxy) is 2. The first kappa shape index (κ1) is 18.8. The van der Waals surface area contributed by atoms with Gasteiger partial charge in [-0.05, 0) is 42.1 Å². The van der Waals surface area contributed by atoms with Gasteiger partial charge in [-0.1, -0.05) is 12.1 Å². The smallest absolute Gasteiger partial charge is 0.349 e. The summed E-state index contributed by atoms with van der Waals surface area (Å²) in [6, 6.07) is 11.0. The summed E-state index contributed by atoms with van der Waals surface area (Å²) in [5, 5.41) is 16.0. The lowest BCUT2D eigenvalue weighted by molar-refractivity contribution is -0.139. The third-order valence-corrected chi connectivity index (χ3v) is 5.14. The molecule has 0 fully saturated rings. The molecule has 0 atom stereocenters. The molecule has 0 radical (unpaired) electrons. The molecule has 0 spiro atoms. The van der Waals surface area contributed by atoms with Gasteiger partial charge in [-0.15, -0.1) is 11.3 Å². The predicted octanol–water partition coefficient (Wildman–Crippen LogP) is 4.92. The molecule has 3 aromatic rings. The summed E-state index contributed by atoms with van der Waals surface area (Å²) >= 11 is 3.10. The molecule has 27 heavy (non-hydrogen) atoms. The third kappa shape index (κ3) is 5.03. The van der Waals surface area contributed by atoms with Crippen LogP contribution in [0.25, 0.3) is 16.6 Å². The predicted molar refractivity (Wildman–Crippen MR) is 106 cm³/mol. The maximum Gasteiger partial charge on any atom is 0.349 e. The lowest BCUT2D eigenvalue weighted by atomic mass is 10.1. The summed E-state index contributed by atoms with van der Waals surface area (Å²) in [4.78, 5) is 16.6. The van der Waals surface area contributed by atoms with Crippen molar-refractivity contribution in [1.82, 2.24) is 4.98 Å². The van der Waals surface area contributed by atoms with Crippen LogP contribution in [0.2, 0.25) is 0 Å². The number of carbonyl (C=O) groups excluding carboxylic acids is 1. The Balaban J connectivity index is 1.62. The minimum atomic E-state index is -0.670. The number of hydrogen-bond donors (Lipinski definition) is 0. The van der Waals surface area contributed by atoms with Crippen LogP contribution in [0, 0.1) is 11.3 Å². The van der Waals surface area contributed by atoms with Gasteiger partial charge in [0.1, 0.15) is 29.0 Å². The van der Waals surface area contributed by atoms with E-state index in [0.29, 0.717) is 12.3 Å². The first-order valence-corrected chi connectivity index (χ1v) is 10.0. The topological polar surface area (TPSA) is 72.2 Å². The number of hydrogen-bond acceptors (Lipinski definition) is 7. The van der Waals surface area contributed by atoms with Crippen LogP contribution in [0.1, 0.15) is 18.2 Å². The molecule has 2 aromatic heterocycles. The van der Waals surface area contributed by atoms with Gasteiger partial charge in [-0.3, -0.25) is 0 Å². The largest absolute Gasteiger partial charge is 0.494 e. The minimum absolute atomic E-state index is 0.0295. The highest BCUT2D eigenvalue weighted by atomic mass is 32.1. The van der Waals surface area contributed by atoms with Gasteiger partial charge in [0, 0.05) is 16.3 Å². The first-order valence-electron chi connectivity index (χ1n) is 8.18. The second kappa shape index (κ2) is 9.12. The minimum Gasteiger partial charge on any atom is -0.494 e. The van der Waals surface area contributed by atoms with Crippen molar-refractivity contribution in [3.8, 4) is 22.4 Å². The molecule has 0 amide bonds. The van der Waals surface area contributed by atoms with Crippen LogP contribution in [0.15, 0.2) is 52.0 Å². The fourth-order valence-corrected chi connectivity index (χ4v) is 3.76. The average molecular weight is 396 g/mol. The summed E-state index contributed by atoms with van der Waals surface area (Å²) in [5.74, 6) is 0.0668. The summed E-state index contributed by atoms with van der Waals surface area (Å²) < 4.78 is 10.6. The van der Waals surface area contributed by atoms with E-state index in [-0.39, 0.29) is 12.2 Å². The van der Waals surface area contributed by atoms with Crippen molar-refractivity contribution in [2.75, 3.05) is 6.61 Å². The Hall–Kier alpha value is -2.95. The maximum atomic E-state index is 12.2.